The lowest BCUT2D eigenvalue weighted by atomic mass is 9.76. The number of ether oxygens (including phenoxy) is 3. The Morgan fingerprint density at radius 3 is 2.35 bits per heavy atom. The second-order valence-corrected chi connectivity index (χ2v) is 6.73. The zero-order chi connectivity index (χ0) is 14.6. The molecule has 0 N–H and O–H groups in total. The molecule has 1 aromatic rings. The smallest absolute Gasteiger partial charge is 0.160 e. The molecule has 3 nitrogen and oxygen atoms in total. The van der Waals surface area contributed by atoms with Crippen LogP contribution in [0.2, 0.25) is 0 Å². The number of benzene rings is 1. The van der Waals surface area contributed by atoms with Gasteiger partial charge < -0.3 is 14.2 Å². The summed E-state index contributed by atoms with van der Waals surface area (Å²) in [4.78, 5) is 0.417. The van der Waals surface area contributed by atoms with Gasteiger partial charge in [0, 0.05) is 11.9 Å². The molecule has 1 unspecified atom stereocenters. The van der Waals surface area contributed by atoms with Crippen molar-refractivity contribution in [2.24, 2.45) is 0 Å². The van der Waals surface area contributed by atoms with E-state index in [1.807, 2.05) is 19.2 Å². The average Bonchev–Trinajstić information content (AvgIpc) is 2.42. The van der Waals surface area contributed by atoms with E-state index in [0.717, 1.165) is 24.3 Å². The normalized spacial score (nSPS) is 18.2. The summed E-state index contributed by atoms with van der Waals surface area (Å²) in [7, 11) is 5.15. The average molecular weight is 343 g/mol. The van der Waals surface area contributed by atoms with Gasteiger partial charge in [0.1, 0.15) is 0 Å². The lowest BCUT2D eigenvalue weighted by Crippen LogP contribution is -2.41. The monoisotopic (exact) mass is 342 g/mol. The Morgan fingerprint density at radius 2 is 1.85 bits per heavy atom. The zero-order valence-electron chi connectivity index (χ0n) is 12.4. The van der Waals surface area contributed by atoms with Crippen molar-refractivity contribution in [1.29, 1.82) is 0 Å². The van der Waals surface area contributed by atoms with Crippen LogP contribution in [-0.2, 0) is 11.2 Å². The van der Waals surface area contributed by atoms with Crippen molar-refractivity contribution in [3.63, 3.8) is 0 Å². The van der Waals surface area contributed by atoms with Gasteiger partial charge in [-0.05, 0) is 49.8 Å². The fourth-order valence-corrected chi connectivity index (χ4v) is 3.77. The van der Waals surface area contributed by atoms with Crippen LogP contribution in [0.3, 0.4) is 0 Å². The molecule has 1 aromatic carbocycles. The second-order valence-electron chi connectivity index (χ2n) is 5.44. The van der Waals surface area contributed by atoms with Gasteiger partial charge in [-0.25, -0.2) is 0 Å². The minimum absolute atomic E-state index is 0.102. The first-order chi connectivity index (χ1) is 9.62. The fraction of sp³-hybridized carbons (Fsp3) is 0.625. The molecule has 4 heteroatoms. The van der Waals surface area contributed by atoms with E-state index in [0.29, 0.717) is 4.83 Å². The predicted octanol–water partition coefficient (Wildman–Crippen LogP) is 3.97. The number of rotatable bonds is 7. The van der Waals surface area contributed by atoms with Crippen LogP contribution < -0.4 is 9.47 Å². The topological polar surface area (TPSA) is 27.7 Å². The van der Waals surface area contributed by atoms with Crippen molar-refractivity contribution in [1.82, 2.24) is 0 Å². The highest BCUT2D eigenvalue weighted by Gasteiger charge is 2.38. The summed E-state index contributed by atoms with van der Waals surface area (Å²) in [5.74, 6) is 1.56. The first kappa shape index (κ1) is 15.6. The molecule has 1 fully saturated rings. The summed E-state index contributed by atoms with van der Waals surface area (Å²) in [6.45, 7) is 0. The van der Waals surface area contributed by atoms with E-state index in [4.69, 9.17) is 14.2 Å². The summed E-state index contributed by atoms with van der Waals surface area (Å²) in [5.41, 5.74) is 1.35. The maximum absolute atomic E-state index is 5.69. The van der Waals surface area contributed by atoms with E-state index in [1.54, 1.807) is 14.2 Å². The van der Waals surface area contributed by atoms with Crippen molar-refractivity contribution < 1.29 is 14.2 Å². The summed E-state index contributed by atoms with van der Waals surface area (Å²) >= 11 is 3.80. The maximum atomic E-state index is 5.69. The Labute approximate surface area is 129 Å². The molecule has 20 heavy (non-hydrogen) atoms. The van der Waals surface area contributed by atoms with Crippen molar-refractivity contribution in [3.05, 3.63) is 23.8 Å². The molecule has 1 aliphatic rings. The van der Waals surface area contributed by atoms with Crippen LogP contribution in [-0.4, -0.2) is 31.8 Å². The standard InChI is InChI=1S/C16H23BrO3/c1-18-14-6-5-12(10-15(14)19-2)9-13(17)11-16(20-3)7-4-8-16/h5-6,10,13H,4,7-9,11H2,1-3H3. The van der Waals surface area contributed by atoms with E-state index in [9.17, 15) is 0 Å². The van der Waals surface area contributed by atoms with Crippen LogP contribution in [0, 0.1) is 0 Å². The molecule has 0 aromatic heterocycles. The third-order valence-corrected chi connectivity index (χ3v) is 4.84. The molecular weight excluding hydrogens is 320 g/mol. The molecule has 0 bridgehead atoms. The summed E-state index contributed by atoms with van der Waals surface area (Å²) in [6, 6.07) is 6.10. The SMILES string of the molecule is COc1ccc(CC(Br)CC2(OC)CCC2)cc1OC. The highest BCUT2D eigenvalue weighted by atomic mass is 79.9. The lowest BCUT2D eigenvalue weighted by Gasteiger charge is -2.42. The molecule has 1 saturated carbocycles. The second kappa shape index (κ2) is 6.81. The number of alkyl halides is 1. The van der Waals surface area contributed by atoms with E-state index < -0.39 is 0 Å². The summed E-state index contributed by atoms with van der Waals surface area (Å²) in [6.07, 6.45) is 5.66. The number of hydrogen-bond donors (Lipinski definition) is 0. The molecule has 0 radical (unpaired) electrons. The van der Waals surface area contributed by atoms with Crippen molar-refractivity contribution in [3.8, 4) is 11.5 Å². The third kappa shape index (κ3) is 3.47. The Bertz CT molecular complexity index is 438. The molecule has 1 aliphatic carbocycles. The van der Waals surface area contributed by atoms with E-state index in [1.165, 1.54) is 24.8 Å². The highest BCUT2D eigenvalue weighted by Crippen LogP contribution is 2.41. The van der Waals surface area contributed by atoms with Gasteiger partial charge in [-0.3, -0.25) is 0 Å². The maximum Gasteiger partial charge on any atom is 0.160 e. The molecule has 0 amide bonds. The van der Waals surface area contributed by atoms with Gasteiger partial charge in [0.25, 0.3) is 0 Å². The van der Waals surface area contributed by atoms with Crippen LogP contribution >= 0.6 is 15.9 Å². The van der Waals surface area contributed by atoms with Crippen LogP contribution in [0.4, 0.5) is 0 Å². The third-order valence-electron chi connectivity index (χ3n) is 4.20. The lowest BCUT2D eigenvalue weighted by molar-refractivity contribution is -0.0770. The molecular formula is C16H23BrO3. The largest absolute Gasteiger partial charge is 0.493 e. The Balaban J connectivity index is 1.98. The van der Waals surface area contributed by atoms with Gasteiger partial charge >= 0.3 is 0 Å². The Morgan fingerprint density at radius 1 is 1.15 bits per heavy atom. The summed E-state index contributed by atoms with van der Waals surface area (Å²) in [5, 5.41) is 0. The molecule has 112 valence electrons. The number of hydrogen-bond acceptors (Lipinski definition) is 3. The highest BCUT2D eigenvalue weighted by molar-refractivity contribution is 9.09. The molecule has 0 aliphatic heterocycles. The zero-order valence-corrected chi connectivity index (χ0v) is 14.0. The summed E-state index contributed by atoms with van der Waals surface area (Å²) < 4.78 is 16.3. The quantitative estimate of drug-likeness (QED) is 0.701. The van der Waals surface area contributed by atoms with Crippen molar-refractivity contribution >= 4 is 15.9 Å². The van der Waals surface area contributed by atoms with Crippen LogP contribution in [0.15, 0.2) is 18.2 Å². The molecule has 2 rings (SSSR count). The van der Waals surface area contributed by atoms with Gasteiger partial charge in [-0.1, -0.05) is 22.0 Å². The van der Waals surface area contributed by atoms with Crippen LogP contribution in [0.25, 0.3) is 0 Å². The molecule has 0 saturated heterocycles. The first-order valence-corrected chi connectivity index (χ1v) is 7.94. The first-order valence-electron chi connectivity index (χ1n) is 7.02. The van der Waals surface area contributed by atoms with E-state index in [-0.39, 0.29) is 5.60 Å². The Hall–Kier alpha value is -0.740. The van der Waals surface area contributed by atoms with E-state index >= 15 is 0 Å². The predicted molar refractivity (Wildman–Crippen MR) is 84.2 cm³/mol. The fourth-order valence-electron chi connectivity index (χ4n) is 2.80. The van der Waals surface area contributed by atoms with Gasteiger partial charge in [-0.2, -0.15) is 0 Å². The van der Waals surface area contributed by atoms with E-state index in [2.05, 4.69) is 22.0 Å². The molecule has 0 spiro atoms. The number of halogens is 1. The van der Waals surface area contributed by atoms with Crippen LogP contribution in [0.1, 0.15) is 31.2 Å². The van der Waals surface area contributed by atoms with Crippen molar-refractivity contribution in [2.45, 2.75) is 42.5 Å². The van der Waals surface area contributed by atoms with Gasteiger partial charge in [0.15, 0.2) is 11.5 Å². The molecule has 1 atom stereocenters. The Kier molecular flexibility index (Phi) is 5.33. The minimum atomic E-state index is 0.102. The van der Waals surface area contributed by atoms with Crippen LogP contribution in [0.5, 0.6) is 11.5 Å². The number of methoxy groups -OCH3 is 3. The van der Waals surface area contributed by atoms with Gasteiger partial charge in [0.2, 0.25) is 0 Å². The van der Waals surface area contributed by atoms with Gasteiger partial charge in [0.05, 0.1) is 19.8 Å². The van der Waals surface area contributed by atoms with Crippen molar-refractivity contribution in [2.75, 3.05) is 21.3 Å². The van der Waals surface area contributed by atoms with Gasteiger partial charge in [-0.15, -0.1) is 0 Å². The molecule has 0 heterocycles. The minimum Gasteiger partial charge on any atom is -0.493 e.